The van der Waals surface area contributed by atoms with E-state index in [1.807, 2.05) is 0 Å². The molecular weight excluding hydrogens is 184 g/mol. The highest BCUT2D eigenvalue weighted by atomic mass is 16.6. The van der Waals surface area contributed by atoms with E-state index in [1.165, 1.54) is 0 Å². The van der Waals surface area contributed by atoms with Gasteiger partial charge < -0.3 is 9.47 Å². The van der Waals surface area contributed by atoms with E-state index in [0.29, 0.717) is 30.3 Å². The fourth-order valence-corrected chi connectivity index (χ4v) is 1.27. The van der Waals surface area contributed by atoms with Crippen LogP contribution in [-0.2, 0) is 0 Å². The van der Waals surface area contributed by atoms with Gasteiger partial charge in [-0.25, -0.2) is 5.84 Å². The van der Waals surface area contributed by atoms with Crippen LogP contribution in [-0.4, -0.2) is 19.1 Å². The van der Waals surface area contributed by atoms with Crippen molar-refractivity contribution < 1.29 is 14.3 Å². The largest absolute Gasteiger partial charge is 0.486 e. The first kappa shape index (κ1) is 8.83. The van der Waals surface area contributed by atoms with Crippen LogP contribution in [0.5, 0.6) is 11.5 Å². The third kappa shape index (κ3) is 1.49. The topological polar surface area (TPSA) is 73.6 Å². The summed E-state index contributed by atoms with van der Waals surface area (Å²) in [7, 11) is 0. The molecule has 0 aliphatic carbocycles. The quantitative estimate of drug-likeness (QED) is 0.376. The van der Waals surface area contributed by atoms with Gasteiger partial charge in [-0.1, -0.05) is 0 Å². The lowest BCUT2D eigenvalue weighted by molar-refractivity contribution is 0.0952. The Morgan fingerprint density at radius 2 is 2.00 bits per heavy atom. The molecule has 1 heterocycles. The number of nitrogens with two attached hydrogens (primary N) is 1. The Morgan fingerprint density at radius 1 is 1.29 bits per heavy atom. The lowest BCUT2D eigenvalue weighted by Crippen LogP contribution is -2.30. The molecule has 1 aliphatic rings. The van der Waals surface area contributed by atoms with Crippen LogP contribution in [0.2, 0.25) is 0 Å². The number of fused-ring (bicyclic) bond motifs is 1. The minimum absolute atomic E-state index is 0.345. The van der Waals surface area contributed by atoms with Gasteiger partial charge in [0.15, 0.2) is 11.5 Å². The molecule has 0 atom stereocenters. The zero-order valence-corrected chi connectivity index (χ0v) is 7.45. The first-order valence-corrected chi connectivity index (χ1v) is 4.22. The number of hydrogen-bond donors (Lipinski definition) is 2. The van der Waals surface area contributed by atoms with Crippen molar-refractivity contribution in [3.63, 3.8) is 0 Å². The van der Waals surface area contributed by atoms with E-state index in [0.717, 1.165) is 0 Å². The number of nitrogens with one attached hydrogen (secondary N) is 1. The van der Waals surface area contributed by atoms with Crippen LogP contribution in [0.1, 0.15) is 10.4 Å². The Labute approximate surface area is 80.8 Å². The first-order chi connectivity index (χ1) is 6.81. The number of hydrazine groups is 1. The molecule has 5 heteroatoms. The molecule has 14 heavy (non-hydrogen) atoms. The molecule has 1 aromatic rings. The van der Waals surface area contributed by atoms with Crippen LogP contribution < -0.4 is 20.7 Å². The van der Waals surface area contributed by atoms with Crippen LogP contribution in [0.4, 0.5) is 0 Å². The summed E-state index contributed by atoms with van der Waals surface area (Å²) in [6.07, 6.45) is 0. The molecule has 1 amide bonds. The number of benzene rings is 1. The molecule has 0 saturated carbocycles. The molecule has 5 nitrogen and oxygen atoms in total. The number of ether oxygens (including phenoxy) is 2. The Hall–Kier alpha value is -1.75. The third-order valence-corrected chi connectivity index (χ3v) is 1.94. The van der Waals surface area contributed by atoms with Gasteiger partial charge in [0.1, 0.15) is 13.2 Å². The number of nitrogen functional groups attached to an aromatic ring is 1. The molecule has 1 aliphatic heterocycles. The van der Waals surface area contributed by atoms with Gasteiger partial charge in [0, 0.05) is 5.56 Å². The van der Waals surface area contributed by atoms with Crippen molar-refractivity contribution in [1.29, 1.82) is 0 Å². The molecule has 74 valence electrons. The molecule has 0 aromatic heterocycles. The second-order valence-corrected chi connectivity index (χ2v) is 2.83. The Balaban J connectivity index is 2.33. The third-order valence-electron chi connectivity index (χ3n) is 1.94. The average molecular weight is 194 g/mol. The van der Waals surface area contributed by atoms with Gasteiger partial charge in [0.25, 0.3) is 5.91 Å². The lowest BCUT2D eigenvalue weighted by Gasteiger charge is -2.18. The lowest BCUT2D eigenvalue weighted by atomic mass is 10.2. The molecular formula is C9H10N2O3. The van der Waals surface area contributed by atoms with Gasteiger partial charge in [-0.05, 0) is 18.2 Å². The fourth-order valence-electron chi connectivity index (χ4n) is 1.27. The summed E-state index contributed by atoms with van der Waals surface area (Å²) in [5.41, 5.74) is 2.51. The Bertz CT molecular complexity index is 365. The monoisotopic (exact) mass is 194 g/mol. The number of hydrogen-bond acceptors (Lipinski definition) is 4. The highest BCUT2D eigenvalue weighted by molar-refractivity contribution is 5.94. The molecule has 3 N–H and O–H groups in total. The van der Waals surface area contributed by atoms with Crippen molar-refractivity contribution in [2.24, 2.45) is 5.84 Å². The fraction of sp³-hybridized carbons (Fsp3) is 0.222. The van der Waals surface area contributed by atoms with Crippen LogP contribution in [0, 0.1) is 0 Å². The summed E-state index contributed by atoms with van der Waals surface area (Å²) < 4.78 is 10.6. The second-order valence-electron chi connectivity index (χ2n) is 2.83. The number of rotatable bonds is 1. The van der Waals surface area contributed by atoms with Gasteiger partial charge in [-0.15, -0.1) is 0 Å². The zero-order chi connectivity index (χ0) is 9.97. The molecule has 0 unspecified atom stereocenters. The summed E-state index contributed by atoms with van der Waals surface area (Å²) >= 11 is 0. The van der Waals surface area contributed by atoms with Crippen molar-refractivity contribution in [3.8, 4) is 11.5 Å². The smallest absolute Gasteiger partial charge is 0.265 e. The molecule has 0 spiro atoms. The molecule has 2 rings (SSSR count). The summed E-state index contributed by atoms with van der Waals surface area (Å²) in [6, 6.07) is 4.94. The molecule has 1 aromatic carbocycles. The van der Waals surface area contributed by atoms with Crippen molar-refractivity contribution in [3.05, 3.63) is 23.8 Å². The maximum Gasteiger partial charge on any atom is 0.265 e. The van der Waals surface area contributed by atoms with Gasteiger partial charge >= 0.3 is 0 Å². The summed E-state index contributed by atoms with van der Waals surface area (Å²) in [5.74, 6) is 5.90. The number of carbonyl (C=O) groups excluding carboxylic acids is 1. The predicted octanol–water partition coefficient (Wildman–Crippen LogP) is 0.0613. The van der Waals surface area contributed by atoms with Crippen molar-refractivity contribution >= 4 is 5.91 Å². The summed E-state index contributed by atoms with van der Waals surface area (Å²) in [6.45, 7) is 1.04. The average Bonchev–Trinajstić information content (AvgIpc) is 2.27. The van der Waals surface area contributed by atoms with E-state index in [9.17, 15) is 4.79 Å². The summed E-state index contributed by atoms with van der Waals surface area (Å²) in [4.78, 5) is 11.2. The summed E-state index contributed by atoms with van der Waals surface area (Å²) in [5, 5.41) is 0. The van der Waals surface area contributed by atoms with Crippen molar-refractivity contribution in [1.82, 2.24) is 5.43 Å². The van der Waals surface area contributed by atoms with Crippen LogP contribution in [0.15, 0.2) is 18.2 Å². The maximum absolute atomic E-state index is 11.2. The minimum Gasteiger partial charge on any atom is -0.486 e. The Kier molecular flexibility index (Phi) is 2.24. The van der Waals surface area contributed by atoms with E-state index in [2.05, 4.69) is 5.43 Å². The van der Waals surface area contributed by atoms with Crippen LogP contribution >= 0.6 is 0 Å². The van der Waals surface area contributed by atoms with E-state index >= 15 is 0 Å². The van der Waals surface area contributed by atoms with E-state index in [1.54, 1.807) is 18.2 Å². The highest BCUT2D eigenvalue weighted by Gasteiger charge is 2.13. The van der Waals surface area contributed by atoms with Crippen molar-refractivity contribution in [2.75, 3.05) is 13.2 Å². The zero-order valence-electron chi connectivity index (χ0n) is 7.45. The van der Waals surface area contributed by atoms with E-state index in [4.69, 9.17) is 15.3 Å². The maximum atomic E-state index is 11.2. The number of amides is 1. The first-order valence-electron chi connectivity index (χ1n) is 4.22. The van der Waals surface area contributed by atoms with E-state index in [-0.39, 0.29) is 5.91 Å². The minimum atomic E-state index is -0.345. The predicted molar refractivity (Wildman–Crippen MR) is 49.1 cm³/mol. The van der Waals surface area contributed by atoms with Gasteiger partial charge in [0.05, 0.1) is 0 Å². The van der Waals surface area contributed by atoms with Gasteiger partial charge in [-0.3, -0.25) is 10.2 Å². The molecule has 0 radical (unpaired) electrons. The van der Waals surface area contributed by atoms with Crippen molar-refractivity contribution in [2.45, 2.75) is 0 Å². The van der Waals surface area contributed by atoms with Crippen LogP contribution in [0.3, 0.4) is 0 Å². The van der Waals surface area contributed by atoms with Gasteiger partial charge in [0.2, 0.25) is 0 Å². The normalized spacial score (nSPS) is 13.5. The molecule has 0 fully saturated rings. The van der Waals surface area contributed by atoms with Crippen LogP contribution in [0.25, 0.3) is 0 Å². The standard InChI is InChI=1S/C9H10N2O3/c10-11-9(12)6-1-2-7-8(5-6)14-4-3-13-7/h1-2,5H,3-4,10H2,(H,11,12). The molecule has 0 bridgehead atoms. The highest BCUT2D eigenvalue weighted by Crippen LogP contribution is 2.30. The number of carbonyl (C=O) groups is 1. The Morgan fingerprint density at radius 3 is 2.71 bits per heavy atom. The SMILES string of the molecule is NNC(=O)c1ccc2c(c1)OCCO2. The second kappa shape index (κ2) is 3.55. The van der Waals surface area contributed by atoms with E-state index < -0.39 is 0 Å². The molecule has 0 saturated heterocycles. The van der Waals surface area contributed by atoms with Gasteiger partial charge in [-0.2, -0.15) is 0 Å².